The number of hydrogen-bond acceptors (Lipinski definition) is 13. The number of carbonyl (C=O) groups excluding carboxylic acids is 2. The molecule has 5 unspecified atom stereocenters. The monoisotopic (exact) mass is 965 g/mol. The van der Waals surface area contributed by atoms with Crippen molar-refractivity contribution in [1.29, 1.82) is 0 Å². The number of rotatable bonds is 39. The molecular formula is C47H82O16P2. The Balaban J connectivity index is 2.59. The lowest BCUT2D eigenvalue weighted by Crippen LogP contribution is -2.64. The van der Waals surface area contributed by atoms with E-state index in [1.807, 2.05) is 0 Å². The number of aliphatic hydroxyl groups excluding tert-OH is 4. The molecule has 0 radical (unpaired) electrons. The van der Waals surface area contributed by atoms with Gasteiger partial charge in [0.2, 0.25) is 0 Å². The molecule has 0 aromatic heterocycles. The van der Waals surface area contributed by atoms with Crippen molar-refractivity contribution in [2.24, 2.45) is 0 Å². The average Bonchev–Trinajstić information content (AvgIpc) is 3.26. The van der Waals surface area contributed by atoms with Gasteiger partial charge in [0, 0.05) is 12.8 Å². The Bertz CT molecular complexity index is 1490. The van der Waals surface area contributed by atoms with Crippen molar-refractivity contribution < 1.29 is 76.9 Å². The molecule has 0 bridgehead atoms. The topological polar surface area (TPSA) is 256 Å². The van der Waals surface area contributed by atoms with Crippen LogP contribution in [0.1, 0.15) is 168 Å². The normalized spacial score (nSPS) is 22.2. The van der Waals surface area contributed by atoms with Gasteiger partial charge in [-0.1, -0.05) is 139 Å². The second kappa shape index (κ2) is 37.7. The number of phosphoric ester groups is 2. The summed E-state index contributed by atoms with van der Waals surface area (Å²) in [7, 11) is -10.7. The number of phosphoric acid groups is 2. The van der Waals surface area contributed by atoms with Gasteiger partial charge in [0.1, 0.15) is 43.2 Å². The van der Waals surface area contributed by atoms with Crippen molar-refractivity contribution in [3.05, 3.63) is 60.8 Å². The number of carbonyl (C=O) groups is 2. The summed E-state index contributed by atoms with van der Waals surface area (Å²) in [5, 5.41) is 41.2. The van der Waals surface area contributed by atoms with Crippen molar-refractivity contribution >= 4 is 27.6 Å². The molecule has 1 aliphatic rings. The van der Waals surface area contributed by atoms with Gasteiger partial charge >= 0.3 is 27.6 Å². The van der Waals surface area contributed by atoms with Crippen molar-refractivity contribution in [2.75, 3.05) is 13.2 Å². The second-order valence-corrected chi connectivity index (χ2v) is 19.1. The number of esters is 2. The van der Waals surface area contributed by atoms with E-state index in [1.165, 1.54) is 19.3 Å². The summed E-state index contributed by atoms with van der Waals surface area (Å²) in [6.45, 7) is 2.99. The lowest BCUT2D eigenvalue weighted by Gasteiger charge is -2.43. The molecule has 16 nitrogen and oxygen atoms in total. The van der Waals surface area contributed by atoms with Crippen molar-refractivity contribution in [3.63, 3.8) is 0 Å². The van der Waals surface area contributed by atoms with Crippen LogP contribution >= 0.6 is 15.6 Å². The molecule has 1 rings (SSSR count). The van der Waals surface area contributed by atoms with Gasteiger partial charge in [-0.3, -0.25) is 23.2 Å². The van der Waals surface area contributed by atoms with E-state index in [4.69, 9.17) is 18.5 Å². The van der Waals surface area contributed by atoms with Gasteiger partial charge in [-0.2, -0.15) is 0 Å². The van der Waals surface area contributed by atoms with Gasteiger partial charge in [0.25, 0.3) is 0 Å². The van der Waals surface area contributed by atoms with Crippen LogP contribution in [0.5, 0.6) is 0 Å². The van der Waals surface area contributed by atoms with Crippen LogP contribution in [0.2, 0.25) is 0 Å². The van der Waals surface area contributed by atoms with Gasteiger partial charge in [-0.25, -0.2) is 9.13 Å². The third-order valence-corrected chi connectivity index (χ3v) is 12.0. The van der Waals surface area contributed by atoms with Gasteiger partial charge < -0.3 is 44.6 Å². The first-order valence-electron chi connectivity index (χ1n) is 23.8. The molecule has 8 atom stereocenters. The van der Waals surface area contributed by atoms with Gasteiger partial charge in [-0.05, 0) is 77.0 Å². The maximum absolute atomic E-state index is 13.0. The molecule has 0 saturated heterocycles. The first-order chi connectivity index (χ1) is 31.1. The Kier molecular flexibility index (Phi) is 35.2. The summed E-state index contributed by atoms with van der Waals surface area (Å²) in [5.74, 6) is -1.24. The highest BCUT2D eigenvalue weighted by atomic mass is 31.2. The predicted octanol–water partition coefficient (Wildman–Crippen LogP) is 9.06. The number of unbranched alkanes of at least 4 members (excludes halogenated alkanes) is 15. The van der Waals surface area contributed by atoms with E-state index in [0.717, 1.165) is 109 Å². The molecule has 0 heterocycles. The van der Waals surface area contributed by atoms with Crippen LogP contribution in [0.15, 0.2) is 60.8 Å². The quantitative estimate of drug-likeness (QED) is 0.0131. The minimum absolute atomic E-state index is 0.0222. The van der Waals surface area contributed by atoms with Crippen molar-refractivity contribution in [2.45, 2.75) is 211 Å². The third-order valence-electron chi connectivity index (χ3n) is 10.5. The molecule has 0 spiro atoms. The van der Waals surface area contributed by atoms with Crippen molar-refractivity contribution in [3.8, 4) is 0 Å². The van der Waals surface area contributed by atoms with E-state index in [1.54, 1.807) is 0 Å². The SMILES string of the molecule is CCCC=CCC=CCCCCCCCC(=O)O[C@H](COC(=O)CCCCCCCCC=CCC=CCC=CCCCCC)COP(=O)(O)O[C@H]1C(O)C(O)C(O)[C@@H](OP(=O)(O)O)C1O. The van der Waals surface area contributed by atoms with Crippen LogP contribution in [0, 0.1) is 0 Å². The fourth-order valence-electron chi connectivity index (χ4n) is 6.83. The minimum Gasteiger partial charge on any atom is -0.462 e. The van der Waals surface area contributed by atoms with E-state index < -0.39 is 83.5 Å². The summed E-state index contributed by atoms with van der Waals surface area (Å²) >= 11 is 0. The molecule has 0 aromatic carbocycles. The van der Waals surface area contributed by atoms with Crippen LogP contribution < -0.4 is 0 Å². The molecule has 1 aliphatic carbocycles. The number of allylic oxidation sites excluding steroid dienone is 10. The summed E-state index contributed by atoms with van der Waals surface area (Å²) in [6, 6.07) is 0. The molecule has 1 fully saturated rings. The van der Waals surface area contributed by atoms with Gasteiger partial charge in [0.05, 0.1) is 6.61 Å². The fourth-order valence-corrected chi connectivity index (χ4v) is 8.37. The van der Waals surface area contributed by atoms with E-state index in [-0.39, 0.29) is 12.8 Å². The molecule has 65 heavy (non-hydrogen) atoms. The standard InChI is InChI=1S/C47H82O16P2/c1-3-5-7-9-11-13-15-17-18-19-20-21-22-24-25-27-29-31-33-35-40(48)59-37-39(61-41(49)36-34-32-30-28-26-23-16-14-12-10-8-6-4-2)38-60-65(57,58)63-47-44(52)42(50)43(51)46(45(47)53)62-64(54,55)56/h8,10-11,13-14,16-18,20-21,39,42-47,50-53H,3-7,9,12,15,19,22-38H2,1-2H3,(H,57,58)(H2,54,55,56)/t39-,42?,43?,44?,45?,46-,47+/m1/s1. The summed E-state index contributed by atoms with van der Waals surface area (Å²) in [5.41, 5.74) is 0. The zero-order valence-electron chi connectivity index (χ0n) is 38.9. The third kappa shape index (κ3) is 32.2. The van der Waals surface area contributed by atoms with Gasteiger partial charge in [0.15, 0.2) is 6.10 Å². The fraction of sp³-hybridized carbons (Fsp3) is 0.745. The summed E-state index contributed by atoms with van der Waals surface area (Å²) < 4.78 is 49.3. The van der Waals surface area contributed by atoms with Gasteiger partial charge in [-0.15, -0.1) is 0 Å². The Morgan fingerprint density at radius 2 is 0.923 bits per heavy atom. The average molecular weight is 965 g/mol. The Labute approximate surface area is 388 Å². The Morgan fingerprint density at radius 3 is 1.42 bits per heavy atom. The number of aliphatic hydroxyl groups is 4. The highest BCUT2D eigenvalue weighted by Gasteiger charge is 2.54. The van der Waals surface area contributed by atoms with Crippen LogP contribution in [-0.4, -0.2) is 103 Å². The first kappa shape index (κ1) is 60.7. The minimum atomic E-state index is -5.37. The zero-order chi connectivity index (χ0) is 48.2. The van der Waals surface area contributed by atoms with Crippen LogP contribution in [-0.2, 0) is 41.8 Å². The smallest absolute Gasteiger partial charge is 0.462 e. The van der Waals surface area contributed by atoms with E-state index >= 15 is 0 Å². The molecule has 7 N–H and O–H groups in total. The molecule has 0 aromatic rings. The highest BCUT2D eigenvalue weighted by molar-refractivity contribution is 7.47. The zero-order valence-corrected chi connectivity index (χ0v) is 40.7. The molecule has 376 valence electrons. The van der Waals surface area contributed by atoms with Crippen LogP contribution in [0.25, 0.3) is 0 Å². The summed E-state index contributed by atoms with van der Waals surface area (Å²) in [4.78, 5) is 54.3. The largest absolute Gasteiger partial charge is 0.472 e. The molecular weight excluding hydrogens is 882 g/mol. The van der Waals surface area contributed by atoms with E-state index in [9.17, 15) is 53.8 Å². The van der Waals surface area contributed by atoms with Crippen LogP contribution in [0.3, 0.4) is 0 Å². The molecule has 0 aliphatic heterocycles. The highest BCUT2D eigenvalue weighted by Crippen LogP contribution is 2.49. The van der Waals surface area contributed by atoms with E-state index in [2.05, 4.69) is 79.1 Å². The van der Waals surface area contributed by atoms with E-state index in [0.29, 0.717) is 12.8 Å². The number of hydrogen-bond donors (Lipinski definition) is 7. The maximum Gasteiger partial charge on any atom is 0.472 e. The second-order valence-electron chi connectivity index (χ2n) is 16.5. The molecule has 0 amide bonds. The number of ether oxygens (including phenoxy) is 2. The molecule has 18 heteroatoms. The lowest BCUT2D eigenvalue weighted by molar-refractivity contribution is -0.216. The summed E-state index contributed by atoms with van der Waals surface area (Å²) in [6.07, 6.45) is 28.9. The van der Waals surface area contributed by atoms with Crippen molar-refractivity contribution in [1.82, 2.24) is 0 Å². The van der Waals surface area contributed by atoms with Crippen LogP contribution in [0.4, 0.5) is 0 Å². The molecule has 1 saturated carbocycles. The first-order valence-corrected chi connectivity index (χ1v) is 26.9. The lowest BCUT2D eigenvalue weighted by atomic mass is 9.85. The Morgan fingerprint density at radius 1 is 0.492 bits per heavy atom. The predicted molar refractivity (Wildman–Crippen MR) is 250 cm³/mol. The maximum atomic E-state index is 13.0. The Hall–Kier alpha value is -2.30.